The molecule has 0 aliphatic carbocycles. The van der Waals surface area contributed by atoms with Gasteiger partial charge in [-0.3, -0.25) is 4.68 Å². The van der Waals surface area contributed by atoms with Crippen LogP contribution in [0.5, 0.6) is 0 Å². The van der Waals surface area contributed by atoms with Gasteiger partial charge in [0.1, 0.15) is 34.8 Å². The van der Waals surface area contributed by atoms with Crippen molar-refractivity contribution in [3.05, 3.63) is 65.5 Å². The van der Waals surface area contributed by atoms with Crippen LogP contribution in [0.15, 0.2) is 43.5 Å². The molecule has 0 aliphatic rings. The van der Waals surface area contributed by atoms with Crippen LogP contribution < -0.4 is 21.3 Å². The molecule has 0 fully saturated rings. The third kappa shape index (κ3) is 7.86. The number of aryl methyl sites for hydroxylation is 2. The van der Waals surface area contributed by atoms with Crippen molar-refractivity contribution in [2.45, 2.75) is 32.7 Å². The lowest BCUT2D eigenvalue weighted by Gasteiger charge is -2.12. The van der Waals surface area contributed by atoms with Crippen LogP contribution >= 0.6 is 11.6 Å². The fourth-order valence-corrected chi connectivity index (χ4v) is 3.98. The van der Waals surface area contributed by atoms with E-state index < -0.39 is 23.5 Å². The molecule has 5 rings (SSSR count). The van der Waals surface area contributed by atoms with E-state index in [0.29, 0.717) is 40.7 Å². The monoisotopic (exact) mass is 670 g/mol. The van der Waals surface area contributed by atoms with Crippen LogP contribution in [0.1, 0.15) is 23.7 Å². The second kappa shape index (κ2) is 13.8. The summed E-state index contributed by atoms with van der Waals surface area (Å²) in [5.41, 5.74) is 0.340. The molecule has 0 bridgehead atoms. The molecular weight excluding hydrogens is 646 g/mol. The van der Waals surface area contributed by atoms with Gasteiger partial charge < -0.3 is 21.3 Å². The Morgan fingerprint density at radius 3 is 1.76 bits per heavy atom. The van der Waals surface area contributed by atoms with Gasteiger partial charge in [-0.25, -0.2) is 24.6 Å². The molecule has 0 saturated carbocycles. The molecule has 46 heavy (non-hydrogen) atoms. The molecule has 5 aromatic heterocycles. The molecule has 21 heteroatoms. The smallest absolute Gasteiger partial charge is 0.372 e. The molecule has 5 heterocycles. The van der Waals surface area contributed by atoms with Crippen molar-refractivity contribution in [1.82, 2.24) is 49.5 Å². The molecule has 0 aliphatic heterocycles. The van der Waals surface area contributed by atoms with Crippen LogP contribution in [0.4, 0.5) is 61.2 Å². The maximum atomic E-state index is 12.9. The zero-order valence-corrected chi connectivity index (χ0v) is 25.1. The quantitative estimate of drug-likeness (QED) is 0.149. The highest BCUT2D eigenvalue weighted by Crippen LogP contribution is 2.35. The Bertz CT molecular complexity index is 1770. The third-order valence-electron chi connectivity index (χ3n) is 5.94. The summed E-state index contributed by atoms with van der Waals surface area (Å²) >= 11 is 6.04. The van der Waals surface area contributed by atoms with Crippen LogP contribution in [0.25, 0.3) is 5.69 Å². The molecule has 0 unspecified atom stereocenters. The molecule has 244 valence electrons. The van der Waals surface area contributed by atoms with Crippen LogP contribution in [0.2, 0.25) is 5.15 Å². The van der Waals surface area contributed by atoms with E-state index in [-0.39, 0.29) is 23.5 Å². The van der Waals surface area contributed by atoms with Gasteiger partial charge in [-0.15, -0.1) is 0 Å². The van der Waals surface area contributed by atoms with Crippen molar-refractivity contribution in [3.8, 4) is 5.69 Å². The number of nitrogens with one attached hydrogen (secondary N) is 4. The molecule has 0 saturated heterocycles. The van der Waals surface area contributed by atoms with Crippen molar-refractivity contribution in [1.29, 1.82) is 0 Å². The molecular formula is C25H25ClF6N14. The first-order chi connectivity index (χ1) is 21.7. The summed E-state index contributed by atoms with van der Waals surface area (Å²) in [6, 6.07) is 0. The Morgan fingerprint density at radius 2 is 1.30 bits per heavy atom. The van der Waals surface area contributed by atoms with Gasteiger partial charge in [-0.1, -0.05) is 11.6 Å². The van der Waals surface area contributed by atoms with E-state index in [9.17, 15) is 26.3 Å². The van der Waals surface area contributed by atoms with Gasteiger partial charge in [0.15, 0.2) is 5.15 Å². The Labute approximate surface area is 261 Å². The van der Waals surface area contributed by atoms with Gasteiger partial charge in [0.2, 0.25) is 11.9 Å². The summed E-state index contributed by atoms with van der Waals surface area (Å²) < 4.78 is 79.9. The van der Waals surface area contributed by atoms with E-state index in [1.54, 1.807) is 30.2 Å². The highest BCUT2D eigenvalue weighted by molar-refractivity contribution is 6.32. The van der Waals surface area contributed by atoms with Crippen molar-refractivity contribution in [3.63, 3.8) is 0 Å². The molecule has 0 amide bonds. The number of nitrogens with zero attached hydrogens (tertiary/aromatic N) is 10. The van der Waals surface area contributed by atoms with E-state index in [2.05, 4.69) is 61.4 Å². The number of rotatable bonds is 8. The van der Waals surface area contributed by atoms with E-state index in [1.165, 1.54) is 31.3 Å². The van der Waals surface area contributed by atoms with Crippen LogP contribution in [0.3, 0.4) is 0 Å². The molecule has 0 atom stereocenters. The first-order valence-electron chi connectivity index (χ1n) is 13.1. The summed E-state index contributed by atoms with van der Waals surface area (Å²) in [7, 11) is 2.71. The van der Waals surface area contributed by atoms with Crippen LogP contribution in [-0.2, 0) is 18.9 Å². The fraction of sp³-hybridized carbons (Fsp3) is 0.280. The summed E-state index contributed by atoms with van der Waals surface area (Å²) in [5, 5.41) is 19.0. The maximum Gasteiger partial charge on any atom is 0.421 e. The molecule has 5 aromatic rings. The minimum absolute atomic E-state index is 0.00935. The molecule has 0 spiro atoms. The average Bonchev–Trinajstić information content (AvgIpc) is 3.57. The topological polar surface area (TPSA) is 161 Å². The molecule has 0 aromatic carbocycles. The number of hydrogen-bond donors (Lipinski definition) is 4. The highest BCUT2D eigenvalue weighted by Gasteiger charge is 2.36. The summed E-state index contributed by atoms with van der Waals surface area (Å²) in [4.78, 5) is 22.8. The van der Waals surface area contributed by atoms with Crippen molar-refractivity contribution < 1.29 is 26.3 Å². The summed E-state index contributed by atoms with van der Waals surface area (Å²) in [6.07, 6.45) is 0.0279. The van der Waals surface area contributed by atoms with Gasteiger partial charge >= 0.3 is 12.4 Å². The number of alkyl halides is 6. The first kappa shape index (κ1) is 33.6. The van der Waals surface area contributed by atoms with E-state index in [1.807, 2.05) is 6.92 Å². The minimum atomic E-state index is -4.54. The molecule has 14 nitrogen and oxygen atoms in total. The maximum absolute atomic E-state index is 12.9. The number of halogens is 7. The van der Waals surface area contributed by atoms with E-state index >= 15 is 0 Å². The Morgan fingerprint density at radius 1 is 0.783 bits per heavy atom. The lowest BCUT2D eigenvalue weighted by Crippen LogP contribution is -2.12. The van der Waals surface area contributed by atoms with Crippen molar-refractivity contribution in [2.24, 2.45) is 0 Å². The van der Waals surface area contributed by atoms with Gasteiger partial charge in [0.05, 0.1) is 41.9 Å². The number of hydrogen-bond acceptors (Lipinski definition) is 12. The van der Waals surface area contributed by atoms with Gasteiger partial charge in [0, 0.05) is 33.0 Å². The lowest BCUT2D eigenvalue weighted by atomic mass is 10.3. The number of aromatic nitrogens is 10. The van der Waals surface area contributed by atoms with E-state index in [0.717, 1.165) is 6.20 Å². The van der Waals surface area contributed by atoms with Gasteiger partial charge in [-0.05, 0) is 13.8 Å². The van der Waals surface area contributed by atoms with Crippen molar-refractivity contribution >= 4 is 46.5 Å². The van der Waals surface area contributed by atoms with Gasteiger partial charge in [0.25, 0.3) is 0 Å². The normalized spacial score (nSPS) is 11.5. The Hall–Kier alpha value is -5.27. The second-order valence-corrected chi connectivity index (χ2v) is 9.35. The van der Waals surface area contributed by atoms with E-state index in [4.69, 9.17) is 11.6 Å². The SMILES string of the molecule is CCn1ncc(Nc2ncc(C(F)(F)F)c(NC)n2)c1Cl.CNc1nc(Nc2cn(-c3cncnc3)nc2C)ncc1C(F)(F)F. The first-order valence-corrected chi connectivity index (χ1v) is 13.4. The Balaban J connectivity index is 0.000000212. The third-order valence-corrected chi connectivity index (χ3v) is 6.34. The molecule has 0 radical (unpaired) electrons. The highest BCUT2D eigenvalue weighted by atomic mass is 35.5. The summed E-state index contributed by atoms with van der Waals surface area (Å²) in [5.74, 6) is -0.625. The summed E-state index contributed by atoms with van der Waals surface area (Å²) in [6.45, 7) is 4.16. The standard InChI is InChI=1S/C14H13F3N8.C11H12ClF3N6/c1-8-11(6-25(24-8)9-3-19-7-20-4-9)22-13-21-5-10(14(15,16)17)12(18-2)23-13;1-3-21-8(12)7(5-18-21)19-10-17-4-6(11(13,14)15)9(16-2)20-10/h3-7H,1-2H3,(H2,18,21,22,23);4-5H,3H2,1-2H3,(H2,16,17,19,20). The van der Waals surface area contributed by atoms with Crippen LogP contribution in [0, 0.1) is 6.92 Å². The minimum Gasteiger partial charge on any atom is -0.372 e. The molecule has 4 N–H and O–H groups in total. The second-order valence-electron chi connectivity index (χ2n) is 8.99. The zero-order chi connectivity index (χ0) is 33.6. The zero-order valence-electron chi connectivity index (χ0n) is 24.4. The lowest BCUT2D eigenvalue weighted by molar-refractivity contribution is -0.138. The predicted octanol–water partition coefficient (Wildman–Crippen LogP) is 5.72. The number of anilines is 6. The fourth-order valence-electron chi connectivity index (χ4n) is 3.72. The Kier molecular flexibility index (Phi) is 10.1. The van der Waals surface area contributed by atoms with Crippen LogP contribution in [-0.4, -0.2) is 63.6 Å². The van der Waals surface area contributed by atoms with Gasteiger partial charge in [-0.2, -0.15) is 46.5 Å². The largest absolute Gasteiger partial charge is 0.421 e. The average molecular weight is 671 g/mol. The van der Waals surface area contributed by atoms with Crippen molar-refractivity contribution in [2.75, 3.05) is 35.4 Å². The predicted molar refractivity (Wildman–Crippen MR) is 157 cm³/mol.